The van der Waals surface area contributed by atoms with Crippen LogP contribution in [0.1, 0.15) is 53.5 Å². The number of hydrogen-bond acceptors (Lipinski definition) is 8. The predicted octanol–water partition coefficient (Wildman–Crippen LogP) is 3.58. The predicted molar refractivity (Wildman–Crippen MR) is 142 cm³/mol. The number of amides is 1. The van der Waals surface area contributed by atoms with E-state index < -0.39 is 0 Å². The van der Waals surface area contributed by atoms with Crippen molar-refractivity contribution in [2.75, 3.05) is 5.73 Å². The van der Waals surface area contributed by atoms with Gasteiger partial charge in [-0.2, -0.15) is 14.9 Å². The number of nitrogens with one attached hydrogen (secondary N) is 1. The first-order valence-electron chi connectivity index (χ1n) is 12.9. The Bertz CT molecular complexity index is 1710. The van der Waals surface area contributed by atoms with Crippen LogP contribution in [0.25, 0.3) is 28.0 Å². The number of nitrogens with two attached hydrogens (primary N) is 1. The fraction of sp³-hybridized carbons (Fsp3) is 0.250. The quantitative estimate of drug-likeness (QED) is 0.367. The van der Waals surface area contributed by atoms with Crippen molar-refractivity contribution in [2.45, 2.75) is 43.7 Å². The molecule has 3 atom stereocenters. The summed E-state index contributed by atoms with van der Waals surface area (Å²) in [4.78, 5) is 28.7. The van der Waals surface area contributed by atoms with Crippen LogP contribution >= 0.6 is 0 Å². The summed E-state index contributed by atoms with van der Waals surface area (Å²) in [6, 6.07) is 16.3. The van der Waals surface area contributed by atoms with Gasteiger partial charge in [0.05, 0.1) is 17.6 Å². The molecular formula is C28H24N10O. The van der Waals surface area contributed by atoms with E-state index in [0.29, 0.717) is 29.7 Å². The molecule has 11 nitrogen and oxygen atoms in total. The molecule has 2 aliphatic heterocycles. The second-order valence-corrected chi connectivity index (χ2v) is 10.0. The van der Waals surface area contributed by atoms with E-state index in [-0.39, 0.29) is 35.6 Å². The molecule has 7 rings (SSSR count). The maximum Gasteiger partial charge on any atom is 0.294 e. The first-order chi connectivity index (χ1) is 19.1. The highest BCUT2D eigenvalue weighted by Gasteiger charge is 2.45. The van der Waals surface area contributed by atoms with Gasteiger partial charge in [-0.25, -0.2) is 9.97 Å². The van der Waals surface area contributed by atoms with Gasteiger partial charge in [-0.3, -0.25) is 14.9 Å². The number of aromatic amines is 1. The van der Waals surface area contributed by atoms with Gasteiger partial charge < -0.3 is 10.6 Å². The number of fused-ring (bicyclic) bond motifs is 3. The van der Waals surface area contributed by atoms with Crippen LogP contribution in [0.4, 0.5) is 5.82 Å². The normalized spacial score (nSPS) is 20.3. The molecule has 2 saturated heterocycles. The molecule has 2 aliphatic rings. The van der Waals surface area contributed by atoms with Crippen molar-refractivity contribution in [2.24, 2.45) is 0 Å². The lowest BCUT2D eigenvalue weighted by Crippen LogP contribution is -2.46. The molecule has 0 radical (unpaired) electrons. The van der Waals surface area contributed by atoms with Gasteiger partial charge in [0.25, 0.3) is 5.91 Å². The van der Waals surface area contributed by atoms with Crippen molar-refractivity contribution in [1.82, 2.24) is 39.7 Å². The number of pyridine rings is 1. The lowest BCUT2D eigenvalue weighted by molar-refractivity contribution is 0.0557. The van der Waals surface area contributed by atoms with Crippen LogP contribution in [-0.2, 0) is 0 Å². The zero-order valence-electron chi connectivity index (χ0n) is 20.9. The second-order valence-electron chi connectivity index (χ2n) is 10.0. The Labute approximate surface area is 223 Å². The fourth-order valence-electron chi connectivity index (χ4n) is 6.14. The molecule has 1 amide bonds. The molecule has 1 unspecified atom stereocenters. The smallest absolute Gasteiger partial charge is 0.294 e. The molecule has 192 valence electrons. The van der Waals surface area contributed by atoms with Gasteiger partial charge in [0.1, 0.15) is 23.8 Å². The van der Waals surface area contributed by atoms with Crippen molar-refractivity contribution in [3.05, 3.63) is 78.3 Å². The Morgan fingerprint density at radius 2 is 1.82 bits per heavy atom. The highest BCUT2D eigenvalue weighted by atomic mass is 16.2. The van der Waals surface area contributed by atoms with Crippen molar-refractivity contribution in [3.8, 4) is 28.5 Å². The van der Waals surface area contributed by atoms with E-state index >= 15 is 0 Å². The molecule has 4 aromatic heterocycles. The molecule has 6 heterocycles. The lowest BCUT2D eigenvalue weighted by atomic mass is 9.86. The molecule has 0 spiro atoms. The zero-order chi connectivity index (χ0) is 26.5. The van der Waals surface area contributed by atoms with Crippen molar-refractivity contribution < 1.29 is 4.79 Å². The van der Waals surface area contributed by atoms with Gasteiger partial charge >= 0.3 is 0 Å². The highest BCUT2D eigenvalue weighted by Crippen LogP contribution is 2.44. The van der Waals surface area contributed by atoms with E-state index in [9.17, 15) is 10.1 Å². The Kier molecular flexibility index (Phi) is 5.33. The van der Waals surface area contributed by atoms with Crippen LogP contribution in [0.3, 0.4) is 0 Å². The third-order valence-electron chi connectivity index (χ3n) is 7.93. The summed E-state index contributed by atoms with van der Waals surface area (Å²) in [5.74, 6) is 0.281. The van der Waals surface area contributed by atoms with Gasteiger partial charge in [-0.05, 0) is 31.7 Å². The van der Waals surface area contributed by atoms with Gasteiger partial charge in [0.2, 0.25) is 5.82 Å². The first-order valence-corrected chi connectivity index (χ1v) is 12.9. The average Bonchev–Trinajstić information content (AvgIpc) is 3.72. The Morgan fingerprint density at radius 3 is 2.49 bits per heavy atom. The number of anilines is 1. The molecule has 3 N–H and O–H groups in total. The summed E-state index contributed by atoms with van der Waals surface area (Å²) in [5.41, 5.74) is 11.6. The highest BCUT2D eigenvalue weighted by molar-refractivity contribution is 5.91. The standard InChI is InChI=1S/C28H24N10O/c29-12-21-24(18-10-19-7-8-20(11-18)37(19)28(39)26-32-15-33-36-26)35-27-22(14-34-38(27)25(21)30)17-6-9-23(31-13-17)16-4-2-1-3-5-16/h1-6,9,13-15,18-20H,7-8,10-11,30H2,(H,32,33,36)/t18?,19-,20+. The largest absolute Gasteiger partial charge is 0.382 e. The van der Waals surface area contributed by atoms with E-state index in [2.05, 4.69) is 31.3 Å². The molecule has 2 fully saturated rings. The van der Waals surface area contributed by atoms with Gasteiger partial charge in [0.15, 0.2) is 5.65 Å². The summed E-state index contributed by atoms with van der Waals surface area (Å²) >= 11 is 0. The zero-order valence-corrected chi connectivity index (χ0v) is 20.9. The maximum absolute atomic E-state index is 13.1. The number of aromatic nitrogens is 7. The van der Waals surface area contributed by atoms with E-state index in [1.165, 1.54) is 10.8 Å². The third kappa shape index (κ3) is 3.72. The number of carbonyl (C=O) groups excluding carboxylic acids is 1. The number of nitrogen functional groups attached to an aromatic ring is 1. The van der Waals surface area contributed by atoms with Gasteiger partial charge in [-0.15, -0.1) is 5.10 Å². The summed E-state index contributed by atoms with van der Waals surface area (Å²) in [5, 5.41) is 21.1. The van der Waals surface area contributed by atoms with Crippen molar-refractivity contribution in [1.29, 1.82) is 5.26 Å². The number of piperidine rings is 1. The van der Waals surface area contributed by atoms with Gasteiger partial charge in [-0.1, -0.05) is 36.4 Å². The maximum atomic E-state index is 13.1. The topological polar surface area (TPSA) is 155 Å². The third-order valence-corrected chi connectivity index (χ3v) is 7.93. The minimum atomic E-state index is -0.157. The summed E-state index contributed by atoms with van der Waals surface area (Å²) in [7, 11) is 0. The number of hydrogen-bond donors (Lipinski definition) is 2. The number of nitrogens with zero attached hydrogens (tertiary/aromatic N) is 8. The van der Waals surface area contributed by atoms with Crippen LogP contribution in [0.5, 0.6) is 0 Å². The van der Waals surface area contributed by atoms with Crippen LogP contribution in [0.2, 0.25) is 0 Å². The molecule has 39 heavy (non-hydrogen) atoms. The fourth-order valence-corrected chi connectivity index (χ4v) is 6.14. The van der Waals surface area contributed by atoms with E-state index in [1.54, 1.807) is 6.20 Å². The van der Waals surface area contributed by atoms with Crippen molar-refractivity contribution >= 4 is 17.4 Å². The first kappa shape index (κ1) is 23.0. The Hall–Kier alpha value is -5.11. The van der Waals surface area contributed by atoms with Crippen LogP contribution in [-0.4, -0.2) is 57.7 Å². The van der Waals surface area contributed by atoms with Crippen molar-refractivity contribution in [3.63, 3.8) is 0 Å². The number of benzene rings is 1. The Morgan fingerprint density at radius 1 is 1.03 bits per heavy atom. The summed E-state index contributed by atoms with van der Waals surface area (Å²) < 4.78 is 1.53. The summed E-state index contributed by atoms with van der Waals surface area (Å²) in [6.07, 6.45) is 8.12. The lowest BCUT2D eigenvalue weighted by Gasteiger charge is -2.38. The molecule has 0 saturated carbocycles. The number of nitriles is 1. The average molecular weight is 517 g/mol. The SMILES string of the molecule is N#Cc1c(C2C[C@H]3CC[C@@H](C2)N3C(=O)c2nc[nH]n2)nc2c(-c3ccc(-c4ccccc4)nc3)cnn2c1N. The molecule has 2 bridgehead atoms. The van der Waals surface area contributed by atoms with E-state index in [1.807, 2.05) is 53.6 Å². The summed E-state index contributed by atoms with van der Waals surface area (Å²) in [6.45, 7) is 0. The van der Waals surface area contributed by atoms with Crippen LogP contribution < -0.4 is 5.73 Å². The minimum absolute atomic E-state index is 0.0121. The number of rotatable bonds is 4. The molecular weight excluding hydrogens is 492 g/mol. The molecule has 5 aromatic rings. The van der Waals surface area contributed by atoms with Crippen LogP contribution in [0.15, 0.2) is 61.2 Å². The van der Waals surface area contributed by atoms with E-state index in [0.717, 1.165) is 35.2 Å². The number of carbonyl (C=O) groups is 1. The molecule has 1 aromatic carbocycles. The van der Waals surface area contributed by atoms with E-state index in [4.69, 9.17) is 10.7 Å². The monoisotopic (exact) mass is 516 g/mol. The molecule has 11 heteroatoms. The molecule has 0 aliphatic carbocycles. The second kappa shape index (κ2) is 9.02. The number of H-pyrrole nitrogens is 1. The Balaban J connectivity index is 1.24. The van der Waals surface area contributed by atoms with Crippen LogP contribution in [0, 0.1) is 11.3 Å². The van der Waals surface area contributed by atoms with Gasteiger partial charge in [0, 0.05) is 40.9 Å². The minimum Gasteiger partial charge on any atom is -0.382 e.